The molecule has 0 spiro atoms. The van der Waals surface area contributed by atoms with Crippen molar-refractivity contribution >= 4 is 53.8 Å². The van der Waals surface area contributed by atoms with Gasteiger partial charge in [0.25, 0.3) is 0 Å². The summed E-state index contributed by atoms with van der Waals surface area (Å²) in [6, 6.07) is 23.5. The number of rotatable bonds is 6. The summed E-state index contributed by atoms with van der Waals surface area (Å²) in [6.45, 7) is 0. The minimum atomic E-state index is -4.53. The van der Waals surface area contributed by atoms with Crippen molar-refractivity contribution in [1.29, 1.82) is 0 Å². The molecule has 39 heavy (non-hydrogen) atoms. The molecule has 0 nitrogen and oxygen atoms in total. The zero-order valence-corrected chi connectivity index (χ0v) is 22.6. The summed E-state index contributed by atoms with van der Waals surface area (Å²) in [4.78, 5) is 0. The lowest BCUT2D eigenvalue weighted by Gasteiger charge is -2.27. The van der Waals surface area contributed by atoms with Gasteiger partial charge >= 0.3 is 12.4 Å². The van der Waals surface area contributed by atoms with E-state index in [-0.39, 0.29) is 0 Å². The minimum absolute atomic E-state index is 0.531. The van der Waals surface area contributed by atoms with E-state index >= 15 is 0 Å². The van der Waals surface area contributed by atoms with Gasteiger partial charge in [-0.15, -0.1) is 0 Å². The van der Waals surface area contributed by atoms with Crippen LogP contribution in [0.15, 0.2) is 108 Å². The Morgan fingerprint density at radius 2 is 0.769 bits per heavy atom. The van der Waals surface area contributed by atoms with E-state index in [0.717, 1.165) is 35.4 Å². The highest BCUT2D eigenvalue weighted by Gasteiger charge is 2.36. The van der Waals surface area contributed by atoms with Gasteiger partial charge in [-0.2, -0.15) is 26.3 Å². The Labute approximate surface area is 232 Å². The van der Waals surface area contributed by atoms with Gasteiger partial charge in [-0.1, -0.05) is 120 Å². The third kappa shape index (κ3) is 7.04. The molecule has 0 radical (unpaired) electrons. The van der Waals surface area contributed by atoms with Crippen molar-refractivity contribution in [3.05, 3.63) is 141 Å². The normalized spacial score (nSPS) is 12.9. The molecule has 0 aliphatic carbocycles. The Bertz CT molecular complexity index is 1340. The van der Waals surface area contributed by atoms with Crippen LogP contribution < -0.4 is 10.4 Å². The molecule has 0 fully saturated rings. The van der Waals surface area contributed by atoms with E-state index in [9.17, 15) is 26.3 Å². The van der Waals surface area contributed by atoms with E-state index < -0.39 is 31.6 Å². The molecule has 0 saturated heterocycles. The Balaban J connectivity index is 1.94. The van der Waals surface area contributed by atoms with Crippen molar-refractivity contribution in [3.63, 3.8) is 0 Å². The number of halogens is 8. The fraction of sp³-hybridized carbons (Fsp3) is 0.0667. The maximum atomic E-state index is 13.4. The molecule has 0 heterocycles. The lowest BCUT2D eigenvalue weighted by molar-refractivity contribution is -0.138. The number of hydrogen-bond acceptors (Lipinski definition) is 0. The second-order valence-electron chi connectivity index (χ2n) is 8.79. The van der Waals surface area contributed by atoms with Crippen LogP contribution >= 0.6 is 23.2 Å². The average molecular weight is 593 g/mol. The highest BCUT2D eigenvalue weighted by atomic mass is 35.5. The third-order valence-corrected chi connectivity index (χ3v) is 10.7. The van der Waals surface area contributed by atoms with Gasteiger partial charge in [0.05, 0.1) is 11.1 Å². The lowest BCUT2D eigenvalue weighted by Crippen LogP contribution is -2.56. The SMILES string of the molecule is FC(F)(F)c1ccc([Si](/C=C/c2ccc(Cl)cc2)(/C=C/c2ccc(Cl)cc2)c2ccc(C(F)(F)F)cc2)cc1. The van der Waals surface area contributed by atoms with Crippen molar-refractivity contribution in [2.75, 3.05) is 0 Å². The first-order chi connectivity index (χ1) is 18.4. The quantitative estimate of drug-likeness (QED) is 0.155. The smallest absolute Gasteiger partial charge is 0.166 e. The van der Waals surface area contributed by atoms with Crippen molar-refractivity contribution in [3.8, 4) is 0 Å². The maximum absolute atomic E-state index is 13.4. The molecule has 0 aliphatic rings. The average Bonchev–Trinajstić information content (AvgIpc) is 2.90. The molecule has 4 aromatic carbocycles. The standard InChI is InChI=1S/C30H20Cl2F6Si/c31-25-9-1-21(2-10-25)17-19-39(20-18-22-3-11-26(32)12-4-22,27-13-5-23(6-14-27)29(33,34)35)28-15-7-24(8-16-28)30(36,37)38/h1-20H/b19-17+,20-18+. The van der Waals surface area contributed by atoms with Gasteiger partial charge in [-0.3, -0.25) is 0 Å². The van der Waals surface area contributed by atoms with Crippen LogP contribution in [0.5, 0.6) is 0 Å². The first-order valence-corrected chi connectivity index (χ1v) is 14.5. The van der Waals surface area contributed by atoms with Crippen LogP contribution in [-0.4, -0.2) is 8.07 Å². The van der Waals surface area contributed by atoms with Crippen molar-refractivity contribution in [1.82, 2.24) is 0 Å². The van der Waals surface area contributed by atoms with Crippen LogP contribution in [0.2, 0.25) is 10.0 Å². The van der Waals surface area contributed by atoms with E-state index in [0.29, 0.717) is 20.4 Å². The first-order valence-electron chi connectivity index (χ1n) is 11.6. The molecule has 0 bridgehead atoms. The van der Waals surface area contributed by atoms with Crippen molar-refractivity contribution in [2.24, 2.45) is 0 Å². The summed E-state index contributed by atoms with van der Waals surface area (Å²) in [7, 11) is -3.27. The fourth-order valence-electron chi connectivity index (χ4n) is 4.08. The molecular formula is C30H20Cl2F6Si. The molecule has 0 atom stereocenters. The maximum Gasteiger partial charge on any atom is 0.416 e. The van der Waals surface area contributed by atoms with Crippen molar-refractivity contribution in [2.45, 2.75) is 12.4 Å². The second-order valence-corrected chi connectivity index (χ2v) is 13.2. The molecule has 200 valence electrons. The van der Waals surface area contributed by atoms with Gasteiger partial charge in [0.1, 0.15) is 0 Å². The number of benzene rings is 4. The molecule has 0 aromatic heterocycles. The predicted octanol–water partition coefficient (Wildman–Crippen LogP) is 9.10. The van der Waals surface area contributed by atoms with Crippen LogP contribution in [0, 0.1) is 0 Å². The first kappa shape index (κ1) is 28.7. The summed E-state index contributed by atoms with van der Waals surface area (Å²) in [5.74, 6) is 0. The zero-order valence-electron chi connectivity index (χ0n) is 20.1. The second kappa shape index (κ2) is 11.5. The molecule has 0 N–H and O–H groups in total. The Kier molecular flexibility index (Phi) is 8.44. The summed E-state index contributed by atoms with van der Waals surface area (Å²) >= 11 is 12.0. The molecule has 0 unspecified atom stereocenters. The van der Waals surface area contributed by atoms with Gasteiger partial charge in [-0.05, 0) is 45.8 Å². The number of hydrogen-bond donors (Lipinski definition) is 0. The fourth-order valence-corrected chi connectivity index (χ4v) is 7.89. The summed E-state index contributed by atoms with van der Waals surface area (Å²) < 4.78 is 80.1. The van der Waals surface area contributed by atoms with Gasteiger partial charge < -0.3 is 0 Å². The largest absolute Gasteiger partial charge is 0.416 e. The highest BCUT2D eigenvalue weighted by Crippen LogP contribution is 2.30. The molecule has 0 saturated carbocycles. The van der Waals surface area contributed by atoms with Crippen LogP contribution in [0.3, 0.4) is 0 Å². The van der Waals surface area contributed by atoms with E-state index in [1.54, 1.807) is 48.5 Å². The summed E-state index contributed by atoms with van der Waals surface area (Å²) in [5, 5.41) is 2.18. The number of alkyl halides is 6. The summed E-state index contributed by atoms with van der Waals surface area (Å²) in [6.07, 6.45) is -5.45. The monoisotopic (exact) mass is 592 g/mol. The Morgan fingerprint density at radius 1 is 0.462 bits per heavy atom. The van der Waals surface area contributed by atoms with Crippen LogP contribution in [0.4, 0.5) is 26.3 Å². The van der Waals surface area contributed by atoms with Crippen LogP contribution in [0.25, 0.3) is 12.2 Å². The predicted molar refractivity (Wildman–Crippen MR) is 149 cm³/mol. The molecule has 0 aliphatic heterocycles. The van der Waals surface area contributed by atoms with E-state index in [1.807, 2.05) is 23.6 Å². The van der Waals surface area contributed by atoms with E-state index in [1.165, 1.54) is 24.3 Å². The molecule has 9 heteroatoms. The lowest BCUT2D eigenvalue weighted by atomic mass is 10.2. The van der Waals surface area contributed by atoms with Gasteiger partial charge in [-0.25, -0.2) is 0 Å². The van der Waals surface area contributed by atoms with Gasteiger partial charge in [0.15, 0.2) is 8.07 Å². The van der Waals surface area contributed by atoms with Gasteiger partial charge in [0.2, 0.25) is 0 Å². The zero-order chi connectivity index (χ0) is 28.3. The molecule has 4 rings (SSSR count). The van der Waals surface area contributed by atoms with E-state index in [4.69, 9.17) is 23.2 Å². The third-order valence-electron chi connectivity index (χ3n) is 6.20. The van der Waals surface area contributed by atoms with Crippen LogP contribution in [0.1, 0.15) is 22.3 Å². The summed E-state index contributed by atoms with van der Waals surface area (Å²) in [5.41, 5.74) is 3.68. The highest BCUT2D eigenvalue weighted by molar-refractivity contribution is 7.10. The van der Waals surface area contributed by atoms with Gasteiger partial charge in [0, 0.05) is 10.0 Å². The topological polar surface area (TPSA) is 0 Å². The van der Waals surface area contributed by atoms with E-state index in [2.05, 4.69) is 0 Å². The molecular weight excluding hydrogens is 573 g/mol. The van der Waals surface area contributed by atoms with Crippen LogP contribution in [-0.2, 0) is 12.4 Å². The van der Waals surface area contributed by atoms with Crippen molar-refractivity contribution < 1.29 is 26.3 Å². The molecule has 0 amide bonds. The minimum Gasteiger partial charge on any atom is -0.166 e. The Hall–Kier alpha value is -3.26. The molecule has 4 aromatic rings. The Morgan fingerprint density at radius 3 is 1.05 bits per heavy atom.